The molecule has 102 valence electrons. The lowest BCUT2D eigenvalue weighted by atomic mass is 10.1. The monoisotopic (exact) mass is 253 g/mol. The lowest BCUT2D eigenvalue weighted by Crippen LogP contribution is -2.25. The predicted molar refractivity (Wildman–Crippen MR) is 72.1 cm³/mol. The van der Waals surface area contributed by atoms with Crippen molar-refractivity contribution in [3.8, 4) is 5.75 Å². The number of rotatable bonds is 8. The summed E-state index contributed by atoms with van der Waals surface area (Å²) >= 11 is 0. The van der Waals surface area contributed by atoms with Crippen molar-refractivity contribution in [1.82, 2.24) is 5.32 Å². The van der Waals surface area contributed by atoms with Gasteiger partial charge in [0.05, 0.1) is 19.8 Å². The van der Waals surface area contributed by atoms with Crippen molar-refractivity contribution in [3.05, 3.63) is 29.3 Å². The van der Waals surface area contributed by atoms with Crippen molar-refractivity contribution in [2.45, 2.75) is 20.0 Å². The fourth-order valence-corrected chi connectivity index (χ4v) is 1.75. The Morgan fingerprint density at radius 2 is 2.17 bits per heavy atom. The molecule has 0 saturated heterocycles. The lowest BCUT2D eigenvalue weighted by molar-refractivity contribution is 0.137. The zero-order valence-corrected chi connectivity index (χ0v) is 11.4. The van der Waals surface area contributed by atoms with Gasteiger partial charge in [-0.05, 0) is 26.0 Å². The van der Waals surface area contributed by atoms with Crippen LogP contribution in [-0.2, 0) is 4.74 Å². The SMILES string of the molecule is CCOCCNCC(O)c1cc(C)ccc1OC. The van der Waals surface area contributed by atoms with E-state index in [2.05, 4.69) is 5.32 Å². The van der Waals surface area contributed by atoms with Gasteiger partial charge in [-0.3, -0.25) is 0 Å². The Kier molecular flexibility index (Phi) is 6.72. The van der Waals surface area contributed by atoms with Crippen LogP contribution in [0.15, 0.2) is 18.2 Å². The standard InChI is InChI=1S/C14H23NO3/c1-4-18-8-7-15-10-13(16)12-9-11(2)5-6-14(12)17-3/h5-6,9,13,15-16H,4,7-8,10H2,1-3H3. The third-order valence-electron chi connectivity index (χ3n) is 2.71. The highest BCUT2D eigenvalue weighted by atomic mass is 16.5. The van der Waals surface area contributed by atoms with E-state index in [0.29, 0.717) is 13.2 Å². The summed E-state index contributed by atoms with van der Waals surface area (Å²) in [5.74, 6) is 0.722. The molecule has 0 bridgehead atoms. The van der Waals surface area contributed by atoms with Crippen LogP contribution in [0.5, 0.6) is 5.75 Å². The van der Waals surface area contributed by atoms with Crippen LogP contribution in [0, 0.1) is 6.92 Å². The molecule has 1 rings (SSSR count). The van der Waals surface area contributed by atoms with Gasteiger partial charge in [-0.2, -0.15) is 0 Å². The summed E-state index contributed by atoms with van der Waals surface area (Å²) in [4.78, 5) is 0. The summed E-state index contributed by atoms with van der Waals surface area (Å²) in [6, 6.07) is 5.80. The second kappa shape index (κ2) is 8.08. The lowest BCUT2D eigenvalue weighted by Gasteiger charge is -2.16. The number of benzene rings is 1. The fourth-order valence-electron chi connectivity index (χ4n) is 1.75. The molecule has 4 heteroatoms. The molecule has 1 aromatic rings. The van der Waals surface area contributed by atoms with Gasteiger partial charge in [0.2, 0.25) is 0 Å². The highest BCUT2D eigenvalue weighted by Crippen LogP contribution is 2.25. The van der Waals surface area contributed by atoms with Gasteiger partial charge in [-0.1, -0.05) is 11.6 Å². The Bertz CT molecular complexity index is 355. The molecule has 0 heterocycles. The molecule has 4 nitrogen and oxygen atoms in total. The van der Waals surface area contributed by atoms with Crippen molar-refractivity contribution >= 4 is 0 Å². The van der Waals surface area contributed by atoms with Crippen LogP contribution in [0.2, 0.25) is 0 Å². The molecule has 0 aliphatic rings. The molecular formula is C14H23NO3. The first-order chi connectivity index (χ1) is 8.69. The smallest absolute Gasteiger partial charge is 0.124 e. The Morgan fingerprint density at radius 1 is 1.39 bits per heavy atom. The van der Waals surface area contributed by atoms with Crippen LogP contribution >= 0.6 is 0 Å². The number of aryl methyl sites for hydroxylation is 1. The van der Waals surface area contributed by atoms with Crippen molar-refractivity contribution in [2.24, 2.45) is 0 Å². The van der Waals surface area contributed by atoms with Crippen LogP contribution in [-0.4, -0.2) is 38.5 Å². The van der Waals surface area contributed by atoms with Crippen LogP contribution in [0.4, 0.5) is 0 Å². The number of methoxy groups -OCH3 is 1. The maximum absolute atomic E-state index is 10.1. The molecule has 0 fully saturated rings. The van der Waals surface area contributed by atoms with E-state index in [1.807, 2.05) is 32.0 Å². The zero-order chi connectivity index (χ0) is 13.4. The van der Waals surface area contributed by atoms with E-state index < -0.39 is 6.10 Å². The summed E-state index contributed by atoms with van der Waals surface area (Å²) in [6.07, 6.45) is -0.568. The van der Waals surface area contributed by atoms with Gasteiger partial charge in [0, 0.05) is 25.3 Å². The molecule has 0 amide bonds. The van der Waals surface area contributed by atoms with Gasteiger partial charge in [-0.15, -0.1) is 0 Å². The minimum Gasteiger partial charge on any atom is -0.496 e. The zero-order valence-electron chi connectivity index (χ0n) is 11.4. The molecule has 2 N–H and O–H groups in total. The molecule has 18 heavy (non-hydrogen) atoms. The van der Waals surface area contributed by atoms with E-state index >= 15 is 0 Å². The highest BCUT2D eigenvalue weighted by Gasteiger charge is 2.12. The fraction of sp³-hybridized carbons (Fsp3) is 0.571. The van der Waals surface area contributed by atoms with Gasteiger partial charge in [0.1, 0.15) is 5.75 Å². The van der Waals surface area contributed by atoms with Gasteiger partial charge in [0.25, 0.3) is 0 Å². The maximum Gasteiger partial charge on any atom is 0.124 e. The average molecular weight is 253 g/mol. The highest BCUT2D eigenvalue weighted by molar-refractivity contribution is 5.38. The molecule has 0 aromatic heterocycles. The first-order valence-corrected chi connectivity index (χ1v) is 6.30. The summed E-state index contributed by atoms with van der Waals surface area (Å²) < 4.78 is 10.5. The van der Waals surface area contributed by atoms with E-state index in [1.54, 1.807) is 7.11 Å². The number of ether oxygens (including phenoxy) is 2. The van der Waals surface area contributed by atoms with Gasteiger partial charge >= 0.3 is 0 Å². The van der Waals surface area contributed by atoms with Crippen molar-refractivity contribution in [3.63, 3.8) is 0 Å². The Labute approximate surface area is 109 Å². The third-order valence-corrected chi connectivity index (χ3v) is 2.71. The van der Waals surface area contributed by atoms with Crippen molar-refractivity contribution in [1.29, 1.82) is 0 Å². The van der Waals surface area contributed by atoms with Crippen molar-refractivity contribution in [2.75, 3.05) is 33.4 Å². The van der Waals surface area contributed by atoms with Gasteiger partial charge in [0.15, 0.2) is 0 Å². The van der Waals surface area contributed by atoms with Crippen LogP contribution in [0.3, 0.4) is 0 Å². The molecule has 0 spiro atoms. The van der Waals surface area contributed by atoms with Crippen LogP contribution in [0.25, 0.3) is 0 Å². The largest absolute Gasteiger partial charge is 0.496 e. The number of hydrogen-bond donors (Lipinski definition) is 2. The number of aliphatic hydroxyl groups is 1. The molecule has 0 aliphatic heterocycles. The third kappa shape index (κ3) is 4.64. The van der Waals surface area contributed by atoms with E-state index in [0.717, 1.165) is 30.0 Å². The molecule has 0 aliphatic carbocycles. The summed E-state index contributed by atoms with van der Waals surface area (Å²) in [6.45, 7) is 6.57. The average Bonchev–Trinajstić information content (AvgIpc) is 2.38. The second-order valence-corrected chi connectivity index (χ2v) is 4.16. The number of hydrogen-bond acceptors (Lipinski definition) is 4. The topological polar surface area (TPSA) is 50.7 Å². The molecule has 0 saturated carbocycles. The second-order valence-electron chi connectivity index (χ2n) is 4.16. The summed E-state index contributed by atoms with van der Waals surface area (Å²) in [7, 11) is 1.61. The van der Waals surface area contributed by atoms with E-state index in [1.165, 1.54) is 0 Å². The molecule has 1 atom stereocenters. The number of nitrogens with one attached hydrogen (secondary N) is 1. The van der Waals surface area contributed by atoms with Gasteiger partial charge < -0.3 is 19.9 Å². The van der Waals surface area contributed by atoms with E-state index in [-0.39, 0.29) is 0 Å². The Balaban J connectivity index is 2.49. The molecule has 0 radical (unpaired) electrons. The minimum atomic E-state index is -0.568. The quantitative estimate of drug-likeness (QED) is 0.692. The summed E-state index contributed by atoms with van der Waals surface area (Å²) in [5, 5.41) is 13.3. The molecular weight excluding hydrogens is 230 g/mol. The van der Waals surface area contributed by atoms with Crippen LogP contribution in [0.1, 0.15) is 24.2 Å². The first-order valence-electron chi connectivity index (χ1n) is 6.30. The predicted octanol–water partition coefficient (Wildman–Crippen LogP) is 1.66. The molecule has 1 unspecified atom stereocenters. The van der Waals surface area contributed by atoms with E-state index in [9.17, 15) is 5.11 Å². The Morgan fingerprint density at radius 3 is 2.83 bits per heavy atom. The maximum atomic E-state index is 10.1. The normalized spacial score (nSPS) is 12.4. The van der Waals surface area contributed by atoms with Crippen LogP contribution < -0.4 is 10.1 Å². The minimum absolute atomic E-state index is 0.493. The summed E-state index contributed by atoms with van der Waals surface area (Å²) in [5.41, 5.74) is 1.93. The Hall–Kier alpha value is -1.10. The first kappa shape index (κ1) is 15.0. The van der Waals surface area contributed by atoms with E-state index in [4.69, 9.17) is 9.47 Å². The van der Waals surface area contributed by atoms with Gasteiger partial charge in [-0.25, -0.2) is 0 Å². The molecule has 1 aromatic carbocycles. The van der Waals surface area contributed by atoms with Crippen molar-refractivity contribution < 1.29 is 14.6 Å². The number of aliphatic hydroxyl groups excluding tert-OH is 1.